The molecule has 1 saturated carbocycles. The third-order valence-corrected chi connectivity index (χ3v) is 6.18. The zero-order valence-electron chi connectivity index (χ0n) is 15.6. The smallest absolute Gasteiger partial charge is 0.339 e. The Balaban J connectivity index is 1.56. The van der Waals surface area contributed by atoms with Crippen molar-refractivity contribution in [3.05, 3.63) is 29.8 Å². The molecule has 0 radical (unpaired) electrons. The average molecular weight is 405 g/mol. The number of carbonyl (C=O) groups excluding carboxylic acids is 4. The van der Waals surface area contributed by atoms with Gasteiger partial charge in [0.05, 0.1) is 5.56 Å². The highest BCUT2D eigenvalue weighted by Gasteiger charge is 2.42. The monoisotopic (exact) mass is 405 g/mol. The van der Waals surface area contributed by atoms with E-state index in [-0.39, 0.29) is 24.3 Å². The molecule has 1 aromatic carbocycles. The number of amides is 4. The standard InChI is InChI=1S/C19H23N3O5S/c1-19(17(25)21-18(26)22-19)11-28-14-9-5-4-8-13(14)16(24)27-10-15(23)20-12-6-2-3-7-12/h4-5,8-9,12H,2-3,6-7,10-11H2,1H3,(H,20,23)(H2,21,22,25,26)/t19-/m0/s1. The van der Waals surface area contributed by atoms with Crippen LogP contribution in [-0.2, 0) is 14.3 Å². The predicted octanol–water partition coefficient (Wildman–Crippen LogP) is 1.59. The molecule has 1 saturated heterocycles. The Labute approximate surface area is 167 Å². The second-order valence-electron chi connectivity index (χ2n) is 7.15. The van der Waals surface area contributed by atoms with E-state index in [1.807, 2.05) is 0 Å². The van der Waals surface area contributed by atoms with Gasteiger partial charge in [0.2, 0.25) is 0 Å². The first-order chi connectivity index (χ1) is 13.4. The van der Waals surface area contributed by atoms with E-state index >= 15 is 0 Å². The van der Waals surface area contributed by atoms with Gasteiger partial charge in [-0.3, -0.25) is 14.9 Å². The molecule has 0 unspecified atom stereocenters. The molecule has 1 heterocycles. The number of hydrogen-bond donors (Lipinski definition) is 3. The molecule has 3 N–H and O–H groups in total. The molecule has 9 heteroatoms. The van der Waals surface area contributed by atoms with Crippen molar-refractivity contribution >= 4 is 35.6 Å². The van der Waals surface area contributed by atoms with Gasteiger partial charge in [0.25, 0.3) is 11.8 Å². The maximum atomic E-state index is 12.4. The fraction of sp³-hybridized carbons (Fsp3) is 0.474. The minimum absolute atomic E-state index is 0.169. The molecule has 3 rings (SSSR count). The molecule has 0 spiro atoms. The van der Waals surface area contributed by atoms with E-state index in [2.05, 4.69) is 16.0 Å². The third kappa shape index (κ3) is 4.83. The summed E-state index contributed by atoms with van der Waals surface area (Å²) >= 11 is 1.26. The average Bonchev–Trinajstić information content (AvgIpc) is 3.26. The lowest BCUT2D eigenvalue weighted by Crippen LogP contribution is -2.46. The van der Waals surface area contributed by atoms with Gasteiger partial charge in [0, 0.05) is 16.7 Å². The minimum atomic E-state index is -1.06. The van der Waals surface area contributed by atoms with E-state index in [1.165, 1.54) is 11.8 Å². The van der Waals surface area contributed by atoms with Crippen molar-refractivity contribution in [3.63, 3.8) is 0 Å². The first-order valence-corrected chi connectivity index (χ1v) is 10.2. The van der Waals surface area contributed by atoms with Gasteiger partial charge < -0.3 is 15.4 Å². The number of thioether (sulfide) groups is 1. The maximum Gasteiger partial charge on any atom is 0.339 e. The van der Waals surface area contributed by atoms with Crippen molar-refractivity contribution in [2.45, 2.75) is 49.1 Å². The van der Waals surface area contributed by atoms with E-state index in [1.54, 1.807) is 31.2 Å². The zero-order valence-corrected chi connectivity index (χ0v) is 16.4. The van der Waals surface area contributed by atoms with Crippen LogP contribution >= 0.6 is 11.8 Å². The highest BCUT2D eigenvalue weighted by molar-refractivity contribution is 7.99. The maximum absolute atomic E-state index is 12.4. The van der Waals surface area contributed by atoms with Crippen LogP contribution < -0.4 is 16.0 Å². The first-order valence-electron chi connectivity index (χ1n) is 9.19. The summed E-state index contributed by atoms with van der Waals surface area (Å²) in [6.07, 6.45) is 4.13. The second kappa shape index (κ2) is 8.64. The summed E-state index contributed by atoms with van der Waals surface area (Å²) in [6.45, 7) is 1.29. The van der Waals surface area contributed by atoms with Crippen molar-refractivity contribution in [1.29, 1.82) is 0 Å². The lowest BCUT2D eigenvalue weighted by molar-refractivity contribution is -0.125. The number of nitrogens with one attached hydrogen (secondary N) is 3. The number of esters is 1. The fourth-order valence-corrected chi connectivity index (χ4v) is 4.34. The van der Waals surface area contributed by atoms with Gasteiger partial charge in [-0.15, -0.1) is 11.8 Å². The molecular formula is C19H23N3O5S. The van der Waals surface area contributed by atoms with Crippen LogP contribution in [0.15, 0.2) is 29.2 Å². The third-order valence-electron chi connectivity index (χ3n) is 4.80. The molecule has 1 aliphatic heterocycles. The topological polar surface area (TPSA) is 114 Å². The quantitative estimate of drug-likeness (QED) is 0.361. The normalized spacial score (nSPS) is 21.9. The second-order valence-corrected chi connectivity index (χ2v) is 8.17. The predicted molar refractivity (Wildman–Crippen MR) is 103 cm³/mol. The Bertz CT molecular complexity index is 794. The number of hydrogen-bond acceptors (Lipinski definition) is 6. The van der Waals surface area contributed by atoms with Gasteiger partial charge in [-0.25, -0.2) is 9.59 Å². The van der Waals surface area contributed by atoms with Crippen molar-refractivity contribution in [2.75, 3.05) is 12.4 Å². The van der Waals surface area contributed by atoms with Crippen molar-refractivity contribution < 1.29 is 23.9 Å². The Morgan fingerprint density at radius 2 is 1.96 bits per heavy atom. The summed E-state index contributed by atoms with van der Waals surface area (Å²) in [5.74, 6) is -1.07. The summed E-state index contributed by atoms with van der Waals surface area (Å²) in [6, 6.07) is 6.44. The van der Waals surface area contributed by atoms with E-state index in [0.717, 1.165) is 25.7 Å². The molecule has 28 heavy (non-hydrogen) atoms. The van der Waals surface area contributed by atoms with Gasteiger partial charge in [0.1, 0.15) is 5.54 Å². The van der Waals surface area contributed by atoms with Crippen LogP contribution in [0.1, 0.15) is 43.0 Å². The van der Waals surface area contributed by atoms with Gasteiger partial charge >= 0.3 is 12.0 Å². The molecular weight excluding hydrogens is 382 g/mol. The van der Waals surface area contributed by atoms with Crippen molar-refractivity contribution in [1.82, 2.24) is 16.0 Å². The molecule has 1 aromatic rings. The highest BCUT2D eigenvalue weighted by Crippen LogP contribution is 2.28. The lowest BCUT2D eigenvalue weighted by atomic mass is 10.1. The summed E-state index contributed by atoms with van der Waals surface area (Å²) in [5.41, 5.74) is -0.741. The fourth-order valence-electron chi connectivity index (χ4n) is 3.21. The summed E-state index contributed by atoms with van der Waals surface area (Å²) in [4.78, 5) is 48.3. The molecule has 1 atom stereocenters. The Kier molecular flexibility index (Phi) is 6.23. The van der Waals surface area contributed by atoms with E-state index in [4.69, 9.17) is 4.74 Å². The van der Waals surface area contributed by atoms with Gasteiger partial charge in [-0.1, -0.05) is 25.0 Å². The summed E-state index contributed by atoms with van der Waals surface area (Å²) in [7, 11) is 0. The number of ether oxygens (including phenoxy) is 1. The van der Waals surface area contributed by atoms with Crippen molar-refractivity contribution in [2.24, 2.45) is 0 Å². The first kappa shape index (κ1) is 20.2. The van der Waals surface area contributed by atoms with E-state index in [9.17, 15) is 19.2 Å². The lowest BCUT2D eigenvalue weighted by Gasteiger charge is -2.20. The van der Waals surface area contributed by atoms with Gasteiger partial charge in [0.15, 0.2) is 6.61 Å². The molecule has 0 aromatic heterocycles. The molecule has 2 aliphatic rings. The molecule has 2 fully saturated rings. The molecule has 4 amide bonds. The number of carbonyl (C=O) groups is 4. The van der Waals surface area contributed by atoms with Crippen LogP contribution in [0.2, 0.25) is 0 Å². The molecule has 0 bridgehead atoms. The van der Waals surface area contributed by atoms with E-state index < -0.39 is 23.4 Å². The number of benzene rings is 1. The summed E-state index contributed by atoms with van der Waals surface area (Å²) < 4.78 is 5.16. The van der Waals surface area contributed by atoms with Crippen LogP contribution in [0.4, 0.5) is 4.79 Å². The minimum Gasteiger partial charge on any atom is -0.452 e. The Hall–Kier alpha value is -2.55. The van der Waals surface area contributed by atoms with Crippen LogP contribution in [0.5, 0.6) is 0 Å². The number of urea groups is 1. The molecule has 1 aliphatic carbocycles. The molecule has 8 nitrogen and oxygen atoms in total. The largest absolute Gasteiger partial charge is 0.452 e. The number of rotatable bonds is 7. The van der Waals surface area contributed by atoms with E-state index in [0.29, 0.717) is 10.5 Å². The van der Waals surface area contributed by atoms with Crippen LogP contribution in [0.25, 0.3) is 0 Å². The van der Waals surface area contributed by atoms with Crippen LogP contribution in [0, 0.1) is 0 Å². The van der Waals surface area contributed by atoms with Crippen molar-refractivity contribution in [3.8, 4) is 0 Å². The van der Waals surface area contributed by atoms with Gasteiger partial charge in [-0.2, -0.15) is 0 Å². The summed E-state index contributed by atoms with van der Waals surface area (Å²) in [5, 5.41) is 7.66. The number of imide groups is 1. The zero-order chi connectivity index (χ0) is 20.1. The van der Waals surface area contributed by atoms with Gasteiger partial charge in [-0.05, 0) is 31.9 Å². The van der Waals surface area contributed by atoms with Crippen LogP contribution in [0.3, 0.4) is 0 Å². The Morgan fingerprint density at radius 3 is 2.64 bits per heavy atom. The Morgan fingerprint density at radius 1 is 1.25 bits per heavy atom. The van der Waals surface area contributed by atoms with Crippen LogP contribution in [-0.4, -0.2) is 47.8 Å². The highest BCUT2D eigenvalue weighted by atomic mass is 32.2. The SMILES string of the molecule is C[C@@]1(CSc2ccccc2C(=O)OCC(=O)NC2CCCC2)NC(=O)NC1=O. The molecule has 150 valence electrons.